The van der Waals surface area contributed by atoms with E-state index in [-0.39, 0.29) is 6.54 Å². The van der Waals surface area contributed by atoms with Crippen molar-refractivity contribution in [3.05, 3.63) is 24.0 Å². The fourth-order valence-electron chi connectivity index (χ4n) is 0.816. The Balaban J connectivity index is 2.20. The molecule has 0 saturated heterocycles. The molecule has 0 atom stereocenters. The Labute approximate surface area is 67.8 Å². The van der Waals surface area contributed by atoms with E-state index in [2.05, 4.69) is 10.3 Å². The number of hydrogen-bond acceptors (Lipinski definition) is 1. The molecule has 0 bridgehead atoms. The van der Waals surface area contributed by atoms with Gasteiger partial charge in [0.2, 0.25) is 0 Å². The number of aromatic amines is 1. The summed E-state index contributed by atoms with van der Waals surface area (Å²) in [6.45, 7) is -0.738. The van der Waals surface area contributed by atoms with Crippen molar-refractivity contribution in [1.82, 2.24) is 10.3 Å². The van der Waals surface area contributed by atoms with Gasteiger partial charge in [-0.05, 0) is 12.1 Å². The zero-order valence-electron chi connectivity index (χ0n) is 6.28. The molecule has 0 aliphatic rings. The molecular weight excluding hydrogens is 169 g/mol. The van der Waals surface area contributed by atoms with Gasteiger partial charge < -0.3 is 10.3 Å². The van der Waals surface area contributed by atoms with Crippen LogP contribution < -0.4 is 5.32 Å². The summed E-state index contributed by atoms with van der Waals surface area (Å²) in [4.78, 5) is 2.79. The summed E-state index contributed by atoms with van der Waals surface area (Å²) >= 11 is 0. The molecule has 0 aliphatic carbocycles. The number of halogens is 3. The third-order valence-corrected chi connectivity index (χ3v) is 1.30. The fourth-order valence-corrected chi connectivity index (χ4v) is 0.816. The second-order valence-electron chi connectivity index (χ2n) is 2.41. The average Bonchev–Trinajstić information content (AvgIpc) is 2.36. The van der Waals surface area contributed by atoms with Crippen LogP contribution in [0.15, 0.2) is 18.3 Å². The molecule has 2 nitrogen and oxygen atoms in total. The van der Waals surface area contributed by atoms with Crippen LogP contribution in [0.2, 0.25) is 0 Å². The summed E-state index contributed by atoms with van der Waals surface area (Å²) < 4.78 is 34.8. The number of aromatic nitrogens is 1. The van der Waals surface area contributed by atoms with Gasteiger partial charge in [0.15, 0.2) is 0 Å². The van der Waals surface area contributed by atoms with Gasteiger partial charge in [-0.2, -0.15) is 13.2 Å². The van der Waals surface area contributed by atoms with Gasteiger partial charge >= 0.3 is 6.18 Å². The first-order chi connectivity index (χ1) is 5.58. The van der Waals surface area contributed by atoms with Crippen molar-refractivity contribution in [2.45, 2.75) is 12.7 Å². The molecule has 0 saturated carbocycles. The highest BCUT2D eigenvalue weighted by molar-refractivity contribution is 5.02. The van der Waals surface area contributed by atoms with Gasteiger partial charge in [-0.1, -0.05) is 0 Å². The molecule has 1 aromatic rings. The highest BCUT2D eigenvalue weighted by atomic mass is 19.4. The van der Waals surface area contributed by atoms with Crippen molar-refractivity contribution < 1.29 is 13.2 Å². The van der Waals surface area contributed by atoms with E-state index in [1.54, 1.807) is 18.3 Å². The minimum Gasteiger partial charge on any atom is -0.364 e. The number of nitrogens with one attached hydrogen (secondary N) is 2. The maximum Gasteiger partial charge on any atom is 0.401 e. The van der Waals surface area contributed by atoms with Gasteiger partial charge in [0.1, 0.15) is 0 Å². The van der Waals surface area contributed by atoms with Crippen molar-refractivity contribution in [2.75, 3.05) is 6.54 Å². The zero-order valence-corrected chi connectivity index (χ0v) is 6.28. The van der Waals surface area contributed by atoms with Gasteiger partial charge in [0.25, 0.3) is 0 Å². The summed E-state index contributed by atoms with van der Waals surface area (Å²) in [6.07, 6.45) is -2.46. The Morgan fingerprint density at radius 3 is 2.67 bits per heavy atom. The van der Waals surface area contributed by atoms with E-state index >= 15 is 0 Å². The molecule has 0 fully saturated rings. The van der Waals surface area contributed by atoms with Crippen LogP contribution in [0.3, 0.4) is 0 Å². The first-order valence-electron chi connectivity index (χ1n) is 3.48. The maximum atomic E-state index is 11.6. The third-order valence-electron chi connectivity index (χ3n) is 1.30. The SMILES string of the molecule is FC(F)(F)CNCc1ccc[nH]1. The van der Waals surface area contributed by atoms with Gasteiger partial charge in [-0.15, -0.1) is 0 Å². The Bertz CT molecular complexity index is 215. The monoisotopic (exact) mass is 178 g/mol. The van der Waals surface area contributed by atoms with Gasteiger partial charge in [0.05, 0.1) is 6.54 Å². The smallest absolute Gasteiger partial charge is 0.364 e. The molecular formula is C7H9F3N2. The van der Waals surface area contributed by atoms with Crippen LogP contribution in [-0.2, 0) is 6.54 Å². The number of alkyl halides is 3. The van der Waals surface area contributed by atoms with E-state index in [0.29, 0.717) is 0 Å². The molecule has 1 aromatic heterocycles. The molecule has 1 heterocycles. The molecule has 0 unspecified atom stereocenters. The second kappa shape index (κ2) is 3.62. The lowest BCUT2D eigenvalue weighted by Gasteiger charge is -2.06. The van der Waals surface area contributed by atoms with Crippen molar-refractivity contribution in [3.8, 4) is 0 Å². The maximum absolute atomic E-state index is 11.6. The van der Waals surface area contributed by atoms with Gasteiger partial charge in [-0.25, -0.2) is 0 Å². The minimum absolute atomic E-state index is 0.215. The topological polar surface area (TPSA) is 27.8 Å². The lowest BCUT2D eigenvalue weighted by Crippen LogP contribution is -2.28. The zero-order chi connectivity index (χ0) is 9.03. The van der Waals surface area contributed by atoms with Gasteiger partial charge in [-0.3, -0.25) is 0 Å². The Morgan fingerprint density at radius 1 is 1.42 bits per heavy atom. The normalized spacial score (nSPS) is 11.9. The van der Waals surface area contributed by atoms with E-state index < -0.39 is 12.7 Å². The van der Waals surface area contributed by atoms with Gasteiger partial charge in [0, 0.05) is 18.4 Å². The highest BCUT2D eigenvalue weighted by Crippen LogP contribution is 2.12. The molecule has 0 radical (unpaired) electrons. The summed E-state index contributed by atoms with van der Waals surface area (Å²) in [6, 6.07) is 3.47. The van der Waals surface area contributed by atoms with Crippen LogP contribution in [0, 0.1) is 0 Å². The van der Waals surface area contributed by atoms with Crippen LogP contribution in [0.1, 0.15) is 5.69 Å². The molecule has 2 N–H and O–H groups in total. The van der Waals surface area contributed by atoms with Crippen LogP contribution in [0.25, 0.3) is 0 Å². The first-order valence-corrected chi connectivity index (χ1v) is 3.48. The van der Waals surface area contributed by atoms with Crippen molar-refractivity contribution >= 4 is 0 Å². The van der Waals surface area contributed by atoms with E-state index in [4.69, 9.17) is 0 Å². The van der Waals surface area contributed by atoms with Crippen LogP contribution in [0.5, 0.6) is 0 Å². The number of rotatable bonds is 3. The minimum atomic E-state index is -4.13. The number of H-pyrrole nitrogens is 1. The van der Waals surface area contributed by atoms with E-state index in [1.807, 2.05) is 0 Å². The molecule has 0 spiro atoms. The van der Waals surface area contributed by atoms with E-state index in [1.165, 1.54) is 0 Å². The van der Waals surface area contributed by atoms with Crippen molar-refractivity contribution in [1.29, 1.82) is 0 Å². The van der Waals surface area contributed by atoms with E-state index in [0.717, 1.165) is 5.69 Å². The molecule has 0 aromatic carbocycles. The second-order valence-corrected chi connectivity index (χ2v) is 2.41. The molecule has 0 amide bonds. The average molecular weight is 178 g/mol. The van der Waals surface area contributed by atoms with Crippen LogP contribution >= 0.6 is 0 Å². The highest BCUT2D eigenvalue weighted by Gasteiger charge is 2.25. The summed E-state index contributed by atoms with van der Waals surface area (Å²) in [5.41, 5.74) is 0.749. The Morgan fingerprint density at radius 2 is 2.17 bits per heavy atom. The Kier molecular flexibility index (Phi) is 2.75. The third kappa shape index (κ3) is 3.43. The molecule has 12 heavy (non-hydrogen) atoms. The largest absolute Gasteiger partial charge is 0.401 e. The van der Waals surface area contributed by atoms with Crippen LogP contribution in [0.4, 0.5) is 13.2 Å². The van der Waals surface area contributed by atoms with Crippen molar-refractivity contribution in [3.63, 3.8) is 0 Å². The quantitative estimate of drug-likeness (QED) is 0.723. The molecule has 1 rings (SSSR count). The standard InChI is InChI=1S/C7H9F3N2/c8-7(9,10)5-11-4-6-2-1-3-12-6/h1-3,11-12H,4-5H2. The molecule has 68 valence electrons. The predicted octanol–water partition coefficient (Wildman–Crippen LogP) is 1.67. The molecule has 0 aliphatic heterocycles. The predicted molar refractivity (Wildman–Crippen MR) is 38.6 cm³/mol. The lowest BCUT2D eigenvalue weighted by molar-refractivity contribution is -0.125. The molecule has 5 heteroatoms. The summed E-state index contributed by atoms with van der Waals surface area (Å²) in [5.74, 6) is 0. The lowest BCUT2D eigenvalue weighted by atomic mass is 10.4. The summed E-state index contributed by atoms with van der Waals surface area (Å²) in [5, 5.41) is 2.27. The Hall–Kier alpha value is -0.970. The van der Waals surface area contributed by atoms with Crippen molar-refractivity contribution in [2.24, 2.45) is 0 Å². The fraction of sp³-hybridized carbons (Fsp3) is 0.429. The number of hydrogen-bond donors (Lipinski definition) is 2. The first kappa shape index (κ1) is 9.12. The summed E-state index contributed by atoms with van der Waals surface area (Å²) in [7, 11) is 0. The van der Waals surface area contributed by atoms with Crippen LogP contribution in [-0.4, -0.2) is 17.7 Å². The van der Waals surface area contributed by atoms with E-state index in [9.17, 15) is 13.2 Å².